The normalized spacial score (nSPS) is 9.87. The van der Waals surface area contributed by atoms with Crippen molar-refractivity contribution in [3.8, 4) is 6.07 Å². The lowest BCUT2D eigenvalue weighted by Gasteiger charge is -2.08. The van der Waals surface area contributed by atoms with Crippen LogP contribution in [-0.4, -0.2) is 15.0 Å². The van der Waals surface area contributed by atoms with Crippen LogP contribution in [0.1, 0.15) is 11.3 Å². The fourth-order valence-corrected chi connectivity index (χ4v) is 1.98. The second kappa shape index (κ2) is 7.00. The highest BCUT2D eigenvalue weighted by Crippen LogP contribution is 2.17. The summed E-state index contributed by atoms with van der Waals surface area (Å²) in [6, 6.07) is 16.9. The van der Waals surface area contributed by atoms with E-state index in [0.29, 0.717) is 23.7 Å². The van der Waals surface area contributed by atoms with Crippen LogP contribution in [0.25, 0.3) is 0 Å². The van der Waals surface area contributed by atoms with E-state index in [1.54, 1.807) is 18.3 Å². The molecule has 0 aliphatic heterocycles. The zero-order valence-electron chi connectivity index (χ0n) is 12.3. The number of nitrogens with zero attached hydrogens (tertiary/aromatic N) is 4. The first kappa shape index (κ1) is 14.5. The molecule has 0 bridgehead atoms. The third-order valence-corrected chi connectivity index (χ3v) is 3.13. The van der Waals surface area contributed by atoms with Gasteiger partial charge >= 0.3 is 0 Å². The molecule has 3 rings (SSSR count). The van der Waals surface area contributed by atoms with E-state index in [2.05, 4.69) is 31.7 Å². The molecule has 0 aliphatic rings. The number of aromatic nitrogens is 3. The first-order valence-corrected chi connectivity index (χ1v) is 7.06. The summed E-state index contributed by atoms with van der Waals surface area (Å²) in [6.45, 7) is 0.591. The van der Waals surface area contributed by atoms with Crippen molar-refractivity contribution in [2.75, 3.05) is 10.6 Å². The van der Waals surface area contributed by atoms with Gasteiger partial charge in [0.2, 0.25) is 0 Å². The number of nitrogens with one attached hydrogen (secondary N) is 2. The standard InChI is InChI=1S/C17H14N6/c18-10-13-4-6-14(7-5-13)23-17-9-16(21-12-22-17)20-11-15-3-1-2-8-19-15/h1-9,12H,11H2,(H2,20,21,22,23). The zero-order valence-corrected chi connectivity index (χ0v) is 12.3. The molecule has 6 nitrogen and oxygen atoms in total. The van der Waals surface area contributed by atoms with E-state index in [4.69, 9.17) is 5.26 Å². The predicted molar refractivity (Wildman–Crippen MR) is 88.0 cm³/mol. The van der Waals surface area contributed by atoms with Crippen molar-refractivity contribution in [1.29, 1.82) is 5.26 Å². The van der Waals surface area contributed by atoms with Crippen LogP contribution in [0.2, 0.25) is 0 Å². The van der Waals surface area contributed by atoms with Gasteiger partial charge in [-0.15, -0.1) is 0 Å². The summed E-state index contributed by atoms with van der Waals surface area (Å²) in [4.78, 5) is 12.6. The molecule has 6 heteroatoms. The van der Waals surface area contributed by atoms with Crippen LogP contribution in [0.4, 0.5) is 17.3 Å². The van der Waals surface area contributed by atoms with E-state index >= 15 is 0 Å². The minimum Gasteiger partial charge on any atom is -0.364 e. The lowest BCUT2D eigenvalue weighted by Crippen LogP contribution is -2.04. The number of anilines is 3. The number of rotatable bonds is 5. The number of hydrogen-bond donors (Lipinski definition) is 2. The minimum atomic E-state index is 0.591. The Morgan fingerprint density at radius 1 is 0.957 bits per heavy atom. The Morgan fingerprint density at radius 2 is 1.78 bits per heavy atom. The molecule has 0 amide bonds. The van der Waals surface area contributed by atoms with Crippen LogP contribution in [0, 0.1) is 11.3 Å². The Kier molecular flexibility index (Phi) is 4.41. The van der Waals surface area contributed by atoms with Gasteiger partial charge in [0.15, 0.2) is 0 Å². The molecule has 2 heterocycles. The first-order valence-electron chi connectivity index (χ1n) is 7.06. The molecule has 23 heavy (non-hydrogen) atoms. The molecule has 112 valence electrons. The molecule has 2 aromatic heterocycles. The fourth-order valence-electron chi connectivity index (χ4n) is 1.98. The minimum absolute atomic E-state index is 0.591. The van der Waals surface area contributed by atoms with Crippen LogP contribution in [0.3, 0.4) is 0 Å². The van der Waals surface area contributed by atoms with Crippen molar-refractivity contribution in [2.24, 2.45) is 0 Å². The molecule has 0 unspecified atom stereocenters. The quantitative estimate of drug-likeness (QED) is 0.753. The highest BCUT2D eigenvalue weighted by molar-refractivity contribution is 5.59. The van der Waals surface area contributed by atoms with Gasteiger partial charge < -0.3 is 10.6 Å². The summed E-state index contributed by atoms with van der Waals surface area (Å²) in [6.07, 6.45) is 3.25. The van der Waals surface area contributed by atoms with Gasteiger partial charge in [-0.25, -0.2) is 9.97 Å². The lowest BCUT2D eigenvalue weighted by molar-refractivity contribution is 1.02. The molecule has 0 fully saturated rings. The Balaban J connectivity index is 1.66. The van der Waals surface area contributed by atoms with Crippen molar-refractivity contribution in [1.82, 2.24) is 15.0 Å². The average Bonchev–Trinajstić information content (AvgIpc) is 2.62. The van der Waals surface area contributed by atoms with Gasteiger partial charge in [-0.05, 0) is 36.4 Å². The van der Waals surface area contributed by atoms with Crippen molar-refractivity contribution in [3.63, 3.8) is 0 Å². The molecule has 0 saturated carbocycles. The molecular weight excluding hydrogens is 288 g/mol. The topological polar surface area (TPSA) is 86.5 Å². The number of pyridine rings is 1. The molecule has 3 aromatic rings. The smallest absolute Gasteiger partial charge is 0.135 e. The lowest BCUT2D eigenvalue weighted by atomic mass is 10.2. The summed E-state index contributed by atoms with van der Waals surface area (Å²) in [5, 5.41) is 15.2. The molecule has 0 spiro atoms. The van der Waals surface area contributed by atoms with Crippen LogP contribution >= 0.6 is 0 Å². The fraction of sp³-hybridized carbons (Fsp3) is 0.0588. The monoisotopic (exact) mass is 302 g/mol. The van der Waals surface area contributed by atoms with Crippen LogP contribution < -0.4 is 10.6 Å². The van der Waals surface area contributed by atoms with E-state index < -0.39 is 0 Å². The van der Waals surface area contributed by atoms with Gasteiger partial charge in [0.1, 0.15) is 18.0 Å². The number of hydrogen-bond acceptors (Lipinski definition) is 6. The number of nitriles is 1. The molecular formula is C17H14N6. The third kappa shape index (κ3) is 4.02. The summed E-state index contributed by atoms with van der Waals surface area (Å²) >= 11 is 0. The molecule has 0 aliphatic carbocycles. The Hall–Kier alpha value is -3.46. The van der Waals surface area contributed by atoms with Gasteiger partial charge in [0.05, 0.1) is 23.9 Å². The SMILES string of the molecule is N#Cc1ccc(Nc2cc(NCc3ccccn3)ncn2)cc1. The Morgan fingerprint density at radius 3 is 2.52 bits per heavy atom. The van der Waals surface area contributed by atoms with Crippen molar-refractivity contribution in [2.45, 2.75) is 6.54 Å². The maximum atomic E-state index is 8.80. The molecule has 0 atom stereocenters. The van der Waals surface area contributed by atoms with Crippen LogP contribution in [-0.2, 0) is 6.54 Å². The average molecular weight is 302 g/mol. The van der Waals surface area contributed by atoms with Crippen molar-refractivity contribution >= 4 is 17.3 Å². The van der Waals surface area contributed by atoms with E-state index in [9.17, 15) is 0 Å². The highest BCUT2D eigenvalue weighted by Gasteiger charge is 2.01. The highest BCUT2D eigenvalue weighted by atomic mass is 15.1. The van der Waals surface area contributed by atoms with Crippen LogP contribution in [0.5, 0.6) is 0 Å². The second-order valence-electron chi connectivity index (χ2n) is 4.78. The van der Waals surface area contributed by atoms with E-state index in [1.165, 1.54) is 6.33 Å². The zero-order chi connectivity index (χ0) is 15.9. The molecule has 0 saturated heterocycles. The summed E-state index contributed by atoms with van der Waals surface area (Å²) < 4.78 is 0. The second-order valence-corrected chi connectivity index (χ2v) is 4.78. The summed E-state index contributed by atoms with van der Waals surface area (Å²) in [7, 11) is 0. The van der Waals surface area contributed by atoms with Gasteiger partial charge in [0, 0.05) is 18.0 Å². The number of benzene rings is 1. The maximum Gasteiger partial charge on any atom is 0.135 e. The van der Waals surface area contributed by atoms with Gasteiger partial charge in [-0.3, -0.25) is 4.98 Å². The third-order valence-electron chi connectivity index (χ3n) is 3.13. The summed E-state index contributed by atoms with van der Waals surface area (Å²) in [5.41, 5.74) is 2.42. The molecule has 2 N–H and O–H groups in total. The van der Waals surface area contributed by atoms with E-state index in [1.807, 2.05) is 36.4 Å². The van der Waals surface area contributed by atoms with E-state index in [-0.39, 0.29) is 0 Å². The molecule has 1 aromatic carbocycles. The molecule has 0 radical (unpaired) electrons. The van der Waals surface area contributed by atoms with Crippen molar-refractivity contribution < 1.29 is 0 Å². The largest absolute Gasteiger partial charge is 0.364 e. The predicted octanol–water partition coefficient (Wildman–Crippen LogP) is 3.10. The van der Waals surface area contributed by atoms with Gasteiger partial charge in [-0.1, -0.05) is 6.07 Å². The van der Waals surface area contributed by atoms with Crippen LogP contribution in [0.15, 0.2) is 61.1 Å². The maximum absolute atomic E-state index is 8.80. The van der Waals surface area contributed by atoms with E-state index in [0.717, 1.165) is 11.4 Å². The first-order chi connectivity index (χ1) is 11.3. The van der Waals surface area contributed by atoms with Gasteiger partial charge in [-0.2, -0.15) is 5.26 Å². The van der Waals surface area contributed by atoms with Gasteiger partial charge in [0.25, 0.3) is 0 Å². The Labute approximate surface area is 133 Å². The Bertz CT molecular complexity index is 808. The van der Waals surface area contributed by atoms with Crippen molar-refractivity contribution in [3.05, 3.63) is 72.3 Å². The summed E-state index contributed by atoms with van der Waals surface area (Å²) in [5.74, 6) is 1.38.